The highest BCUT2D eigenvalue weighted by Gasteiger charge is 2.20. The molecule has 0 bridgehead atoms. The first-order valence-corrected chi connectivity index (χ1v) is 8.89. The highest BCUT2D eigenvalue weighted by molar-refractivity contribution is 6.31. The zero-order chi connectivity index (χ0) is 18.6. The third-order valence-corrected chi connectivity index (χ3v) is 4.38. The van der Waals surface area contributed by atoms with Crippen molar-refractivity contribution >= 4 is 17.5 Å². The van der Waals surface area contributed by atoms with Crippen molar-refractivity contribution in [1.29, 1.82) is 0 Å². The maximum absolute atomic E-state index is 14.1. The van der Waals surface area contributed by atoms with E-state index in [9.17, 15) is 9.18 Å². The van der Waals surface area contributed by atoms with Gasteiger partial charge in [-0.1, -0.05) is 31.5 Å². The van der Waals surface area contributed by atoms with Crippen LogP contribution < -0.4 is 0 Å². The van der Waals surface area contributed by atoms with Gasteiger partial charge in [0.2, 0.25) is 5.91 Å². The van der Waals surface area contributed by atoms with Crippen LogP contribution in [0.15, 0.2) is 30.6 Å². The van der Waals surface area contributed by atoms with E-state index in [-0.39, 0.29) is 24.3 Å². The molecule has 0 atom stereocenters. The minimum atomic E-state index is -0.344. The molecule has 0 N–H and O–H groups in total. The van der Waals surface area contributed by atoms with Crippen LogP contribution in [0.3, 0.4) is 0 Å². The van der Waals surface area contributed by atoms with Crippen molar-refractivity contribution in [3.63, 3.8) is 0 Å². The van der Waals surface area contributed by atoms with E-state index in [1.165, 1.54) is 6.07 Å². The van der Waals surface area contributed by atoms with Crippen molar-refractivity contribution in [3.8, 4) is 0 Å². The lowest BCUT2D eigenvalue weighted by atomic mass is 10.1. The van der Waals surface area contributed by atoms with Crippen LogP contribution in [0.1, 0.15) is 45.5 Å². The minimum absolute atomic E-state index is 0.0634. The molecule has 0 spiro atoms. The summed E-state index contributed by atoms with van der Waals surface area (Å²) in [5, 5.41) is 0.385. The van der Waals surface area contributed by atoms with Crippen LogP contribution in [0.25, 0.3) is 0 Å². The van der Waals surface area contributed by atoms with Crippen LogP contribution in [-0.2, 0) is 17.9 Å². The maximum Gasteiger partial charge on any atom is 0.223 e. The zero-order valence-electron chi connectivity index (χ0n) is 15.2. The summed E-state index contributed by atoms with van der Waals surface area (Å²) in [6.45, 7) is 8.70. The highest BCUT2D eigenvalue weighted by atomic mass is 35.5. The van der Waals surface area contributed by atoms with E-state index in [0.717, 1.165) is 0 Å². The molecule has 25 heavy (non-hydrogen) atoms. The third kappa shape index (κ3) is 5.05. The predicted octanol–water partition coefficient (Wildman–Crippen LogP) is 4.51. The van der Waals surface area contributed by atoms with Crippen LogP contribution in [0.4, 0.5) is 4.39 Å². The lowest BCUT2D eigenvalue weighted by Crippen LogP contribution is -2.37. The quantitative estimate of drug-likeness (QED) is 0.724. The SMILES string of the molecule is CC(C)CC(=O)N(Cc1nccn1Cc1c(F)cccc1Cl)C(C)C. The fourth-order valence-corrected chi connectivity index (χ4v) is 2.89. The number of carbonyl (C=O) groups is 1. The van der Waals surface area contributed by atoms with E-state index in [1.54, 1.807) is 24.5 Å². The van der Waals surface area contributed by atoms with Gasteiger partial charge in [-0.2, -0.15) is 0 Å². The molecule has 6 heteroatoms. The molecule has 2 rings (SSSR count). The molecule has 0 radical (unpaired) electrons. The van der Waals surface area contributed by atoms with Gasteiger partial charge in [-0.05, 0) is 31.9 Å². The van der Waals surface area contributed by atoms with Crippen molar-refractivity contribution in [2.24, 2.45) is 5.92 Å². The van der Waals surface area contributed by atoms with Crippen molar-refractivity contribution in [3.05, 3.63) is 52.8 Å². The normalized spacial score (nSPS) is 11.4. The monoisotopic (exact) mass is 365 g/mol. The fourth-order valence-electron chi connectivity index (χ4n) is 2.67. The summed E-state index contributed by atoms with van der Waals surface area (Å²) in [6.07, 6.45) is 3.94. The lowest BCUT2D eigenvalue weighted by Gasteiger charge is -2.27. The fraction of sp³-hybridized carbons (Fsp3) is 0.474. The molecule has 1 aromatic heterocycles. The predicted molar refractivity (Wildman–Crippen MR) is 97.9 cm³/mol. The minimum Gasteiger partial charge on any atom is -0.333 e. The molecule has 0 unspecified atom stereocenters. The first-order chi connectivity index (χ1) is 11.8. The number of nitrogens with zero attached hydrogens (tertiary/aromatic N) is 3. The Morgan fingerprint density at radius 1 is 1.32 bits per heavy atom. The maximum atomic E-state index is 14.1. The van der Waals surface area contributed by atoms with Crippen LogP contribution in [0, 0.1) is 11.7 Å². The number of hydrogen-bond donors (Lipinski definition) is 0. The zero-order valence-corrected chi connectivity index (χ0v) is 15.9. The van der Waals surface area contributed by atoms with Gasteiger partial charge >= 0.3 is 0 Å². The number of carbonyl (C=O) groups excluding carboxylic acids is 1. The Balaban J connectivity index is 2.21. The molecular weight excluding hydrogens is 341 g/mol. The molecule has 0 saturated carbocycles. The molecule has 0 aliphatic rings. The number of halogens is 2. The first kappa shape index (κ1) is 19.4. The standard InChI is InChI=1S/C19H25ClFN3O/c1-13(2)10-19(25)24(14(3)4)12-18-22-8-9-23(18)11-15-16(20)6-5-7-17(15)21/h5-9,13-14H,10-12H2,1-4H3. The van der Waals surface area contributed by atoms with Gasteiger partial charge in [0.25, 0.3) is 0 Å². The number of benzene rings is 1. The molecule has 136 valence electrons. The Morgan fingerprint density at radius 3 is 2.64 bits per heavy atom. The van der Waals surface area contributed by atoms with Gasteiger partial charge in [0, 0.05) is 35.4 Å². The average Bonchev–Trinajstić information content (AvgIpc) is 2.94. The summed E-state index contributed by atoms with van der Waals surface area (Å²) < 4.78 is 15.9. The van der Waals surface area contributed by atoms with Gasteiger partial charge in [-0.15, -0.1) is 0 Å². The Kier molecular flexibility index (Phi) is 6.59. The summed E-state index contributed by atoms with van der Waals surface area (Å²) in [4.78, 5) is 18.7. The summed E-state index contributed by atoms with van der Waals surface area (Å²) >= 11 is 6.12. The third-order valence-electron chi connectivity index (χ3n) is 4.03. The molecular formula is C19H25ClFN3O. The second-order valence-electron chi connectivity index (χ2n) is 6.88. The summed E-state index contributed by atoms with van der Waals surface area (Å²) in [5.74, 6) is 0.767. The Bertz CT molecular complexity index is 707. The molecule has 1 aromatic carbocycles. The second kappa shape index (κ2) is 8.48. The molecule has 4 nitrogen and oxygen atoms in total. The summed E-state index contributed by atoms with van der Waals surface area (Å²) in [5.41, 5.74) is 0.424. The van der Waals surface area contributed by atoms with Gasteiger partial charge in [-0.3, -0.25) is 4.79 Å². The number of amides is 1. The van der Waals surface area contributed by atoms with Crippen molar-refractivity contribution in [2.75, 3.05) is 0 Å². The topological polar surface area (TPSA) is 38.1 Å². The van der Waals surface area contributed by atoms with E-state index < -0.39 is 0 Å². The summed E-state index contributed by atoms with van der Waals surface area (Å²) in [6, 6.07) is 4.71. The number of imidazole rings is 1. The molecule has 0 aliphatic carbocycles. The van der Waals surface area contributed by atoms with E-state index in [2.05, 4.69) is 4.98 Å². The Hall–Kier alpha value is -1.88. The van der Waals surface area contributed by atoms with Crippen molar-refractivity contribution < 1.29 is 9.18 Å². The Labute approximate surface area is 153 Å². The smallest absolute Gasteiger partial charge is 0.223 e. The van der Waals surface area contributed by atoms with Crippen molar-refractivity contribution in [1.82, 2.24) is 14.5 Å². The molecule has 2 aromatic rings. The molecule has 1 amide bonds. The van der Waals surface area contributed by atoms with E-state index >= 15 is 0 Å². The summed E-state index contributed by atoms with van der Waals surface area (Å²) in [7, 11) is 0. The van der Waals surface area contributed by atoms with Crippen LogP contribution in [0.2, 0.25) is 5.02 Å². The van der Waals surface area contributed by atoms with E-state index in [0.29, 0.717) is 35.3 Å². The number of aromatic nitrogens is 2. The van der Waals surface area contributed by atoms with E-state index in [4.69, 9.17) is 11.6 Å². The van der Waals surface area contributed by atoms with Crippen LogP contribution >= 0.6 is 11.6 Å². The van der Waals surface area contributed by atoms with Crippen molar-refractivity contribution in [2.45, 2.75) is 53.2 Å². The van der Waals surface area contributed by atoms with Gasteiger partial charge < -0.3 is 9.47 Å². The van der Waals surface area contributed by atoms with Gasteiger partial charge in [0.05, 0.1) is 13.1 Å². The van der Waals surface area contributed by atoms with Gasteiger partial charge in [0.1, 0.15) is 11.6 Å². The van der Waals surface area contributed by atoms with Crippen LogP contribution in [-0.4, -0.2) is 26.4 Å². The number of hydrogen-bond acceptors (Lipinski definition) is 2. The lowest BCUT2D eigenvalue weighted by molar-refractivity contribution is -0.134. The highest BCUT2D eigenvalue weighted by Crippen LogP contribution is 2.21. The largest absolute Gasteiger partial charge is 0.333 e. The van der Waals surface area contributed by atoms with Gasteiger partial charge in [-0.25, -0.2) is 9.37 Å². The molecule has 1 heterocycles. The molecule has 0 saturated heterocycles. The molecule has 0 aliphatic heterocycles. The second-order valence-corrected chi connectivity index (χ2v) is 7.29. The number of rotatable bonds is 7. The average molecular weight is 366 g/mol. The first-order valence-electron chi connectivity index (χ1n) is 8.52. The van der Waals surface area contributed by atoms with Crippen LogP contribution in [0.5, 0.6) is 0 Å². The Morgan fingerprint density at radius 2 is 2.04 bits per heavy atom. The van der Waals surface area contributed by atoms with E-state index in [1.807, 2.05) is 37.2 Å². The van der Waals surface area contributed by atoms with Gasteiger partial charge in [0.15, 0.2) is 0 Å². The molecule has 0 fully saturated rings.